The number of rotatable bonds is 3. The van der Waals surface area contributed by atoms with Crippen molar-refractivity contribution in [3.05, 3.63) is 18.2 Å². The van der Waals surface area contributed by atoms with Crippen LogP contribution in [0.2, 0.25) is 0 Å². The lowest BCUT2D eigenvalue weighted by atomic mass is 10.2. The van der Waals surface area contributed by atoms with Gasteiger partial charge < -0.3 is 15.7 Å². The van der Waals surface area contributed by atoms with Gasteiger partial charge in [-0.05, 0) is 31.0 Å². The first-order valence-corrected chi connectivity index (χ1v) is 7.28. The Morgan fingerprint density at radius 3 is 2.72 bits per heavy atom. The normalized spacial score (nSPS) is 20.3. The highest BCUT2D eigenvalue weighted by molar-refractivity contribution is 7.89. The van der Waals surface area contributed by atoms with E-state index in [9.17, 15) is 13.5 Å². The maximum Gasteiger partial charge on any atom is 0.238 e. The summed E-state index contributed by atoms with van der Waals surface area (Å²) < 4.78 is 22.4. The molecule has 0 radical (unpaired) electrons. The van der Waals surface area contributed by atoms with Crippen molar-refractivity contribution in [1.29, 1.82) is 0 Å². The molecule has 1 unspecified atom stereocenters. The molecule has 0 spiro atoms. The topological polar surface area (TPSA) is 110 Å². The van der Waals surface area contributed by atoms with Crippen LogP contribution in [0.15, 0.2) is 23.1 Å². The third-order valence-corrected chi connectivity index (χ3v) is 4.14. The summed E-state index contributed by atoms with van der Waals surface area (Å²) in [6, 6.07) is 4.49. The SMILES string of the molecule is Nc1cc(S(N)(=O)=O)ccc1N1CCCC1CO. The number of aliphatic hydroxyl groups excluding tert-OH is 1. The maximum atomic E-state index is 11.2. The quantitative estimate of drug-likeness (QED) is 0.664. The van der Waals surface area contributed by atoms with E-state index in [1.807, 2.05) is 4.90 Å². The number of primary sulfonamides is 1. The lowest BCUT2D eigenvalue weighted by molar-refractivity contribution is 0.266. The molecule has 1 aromatic rings. The summed E-state index contributed by atoms with van der Waals surface area (Å²) in [6.07, 6.45) is 1.90. The minimum absolute atomic E-state index is 0.00324. The molecule has 100 valence electrons. The number of nitrogen functional groups attached to an aromatic ring is 1. The minimum atomic E-state index is -3.73. The number of anilines is 2. The lowest BCUT2D eigenvalue weighted by Crippen LogP contribution is -2.32. The minimum Gasteiger partial charge on any atom is -0.397 e. The number of nitrogens with zero attached hydrogens (tertiary/aromatic N) is 1. The molecule has 0 aliphatic carbocycles. The van der Waals surface area contributed by atoms with Gasteiger partial charge in [-0.3, -0.25) is 0 Å². The Bertz CT molecular complexity index is 544. The van der Waals surface area contributed by atoms with Gasteiger partial charge in [0.1, 0.15) is 0 Å². The van der Waals surface area contributed by atoms with Crippen LogP contribution in [-0.4, -0.2) is 32.7 Å². The van der Waals surface area contributed by atoms with Crippen molar-refractivity contribution in [3.8, 4) is 0 Å². The Morgan fingerprint density at radius 1 is 1.44 bits per heavy atom. The summed E-state index contributed by atoms with van der Waals surface area (Å²) >= 11 is 0. The summed E-state index contributed by atoms with van der Waals surface area (Å²) in [5, 5.41) is 14.3. The van der Waals surface area contributed by atoms with Gasteiger partial charge in [-0.25, -0.2) is 13.6 Å². The summed E-state index contributed by atoms with van der Waals surface area (Å²) in [7, 11) is -3.73. The summed E-state index contributed by atoms with van der Waals surface area (Å²) in [5.74, 6) is 0. The van der Waals surface area contributed by atoms with Crippen LogP contribution in [0, 0.1) is 0 Å². The molecule has 0 amide bonds. The van der Waals surface area contributed by atoms with Crippen LogP contribution >= 0.6 is 0 Å². The fourth-order valence-electron chi connectivity index (χ4n) is 2.31. The number of hydrogen-bond acceptors (Lipinski definition) is 5. The Morgan fingerprint density at radius 2 is 2.17 bits per heavy atom. The van der Waals surface area contributed by atoms with E-state index >= 15 is 0 Å². The van der Waals surface area contributed by atoms with Crippen molar-refractivity contribution < 1.29 is 13.5 Å². The fraction of sp³-hybridized carbons (Fsp3) is 0.455. The molecule has 1 heterocycles. The van der Waals surface area contributed by atoms with Crippen molar-refractivity contribution in [2.45, 2.75) is 23.8 Å². The van der Waals surface area contributed by atoms with Gasteiger partial charge >= 0.3 is 0 Å². The molecule has 1 aromatic carbocycles. The average Bonchev–Trinajstić information content (AvgIpc) is 2.75. The monoisotopic (exact) mass is 271 g/mol. The van der Waals surface area contributed by atoms with E-state index in [0.717, 1.165) is 25.1 Å². The van der Waals surface area contributed by atoms with E-state index in [1.165, 1.54) is 12.1 Å². The first-order chi connectivity index (χ1) is 8.43. The molecule has 5 N–H and O–H groups in total. The molecule has 6 nitrogen and oxygen atoms in total. The number of hydrogen-bond donors (Lipinski definition) is 3. The van der Waals surface area contributed by atoms with Crippen LogP contribution in [0.25, 0.3) is 0 Å². The Hall–Kier alpha value is -1.31. The molecule has 1 fully saturated rings. The van der Waals surface area contributed by atoms with Gasteiger partial charge in [0.2, 0.25) is 10.0 Å². The second-order valence-electron chi connectivity index (χ2n) is 4.44. The van der Waals surface area contributed by atoms with Gasteiger partial charge in [0.05, 0.1) is 28.9 Å². The van der Waals surface area contributed by atoms with Crippen molar-refractivity contribution in [3.63, 3.8) is 0 Å². The zero-order chi connectivity index (χ0) is 13.3. The number of nitrogens with two attached hydrogens (primary N) is 2. The van der Waals surface area contributed by atoms with Crippen LogP contribution in [0.3, 0.4) is 0 Å². The first kappa shape index (κ1) is 13.1. The largest absolute Gasteiger partial charge is 0.397 e. The Labute approximate surface area is 106 Å². The highest BCUT2D eigenvalue weighted by atomic mass is 32.2. The molecule has 18 heavy (non-hydrogen) atoms. The van der Waals surface area contributed by atoms with E-state index in [4.69, 9.17) is 10.9 Å². The van der Waals surface area contributed by atoms with Crippen molar-refractivity contribution in [2.75, 3.05) is 23.8 Å². The fourth-order valence-corrected chi connectivity index (χ4v) is 2.86. The summed E-state index contributed by atoms with van der Waals surface area (Å²) in [4.78, 5) is 2.01. The molecular formula is C11H17N3O3S. The summed E-state index contributed by atoms with van der Waals surface area (Å²) in [5.41, 5.74) is 6.98. The van der Waals surface area contributed by atoms with Crippen molar-refractivity contribution in [1.82, 2.24) is 0 Å². The van der Waals surface area contributed by atoms with E-state index in [-0.39, 0.29) is 17.5 Å². The van der Waals surface area contributed by atoms with E-state index < -0.39 is 10.0 Å². The van der Waals surface area contributed by atoms with Crippen LogP contribution in [0.4, 0.5) is 11.4 Å². The van der Waals surface area contributed by atoms with Gasteiger partial charge in [0.25, 0.3) is 0 Å². The van der Waals surface area contributed by atoms with E-state index in [2.05, 4.69) is 0 Å². The van der Waals surface area contributed by atoms with Crippen LogP contribution in [0.5, 0.6) is 0 Å². The molecule has 7 heteroatoms. The molecule has 1 aliphatic heterocycles. The lowest BCUT2D eigenvalue weighted by Gasteiger charge is -2.26. The molecule has 0 aromatic heterocycles. The highest BCUT2D eigenvalue weighted by Gasteiger charge is 2.25. The Kier molecular flexibility index (Phi) is 3.47. The zero-order valence-electron chi connectivity index (χ0n) is 9.91. The smallest absolute Gasteiger partial charge is 0.238 e. The van der Waals surface area contributed by atoms with Crippen LogP contribution in [-0.2, 0) is 10.0 Å². The second-order valence-corrected chi connectivity index (χ2v) is 6.00. The number of benzene rings is 1. The molecule has 1 aliphatic rings. The number of sulfonamides is 1. The predicted molar refractivity (Wildman–Crippen MR) is 69.7 cm³/mol. The van der Waals surface area contributed by atoms with Gasteiger partial charge in [-0.15, -0.1) is 0 Å². The molecular weight excluding hydrogens is 254 g/mol. The summed E-state index contributed by atoms with van der Waals surface area (Å²) in [6.45, 7) is 0.876. The third-order valence-electron chi connectivity index (χ3n) is 3.22. The molecule has 1 atom stereocenters. The third kappa shape index (κ3) is 2.43. The van der Waals surface area contributed by atoms with E-state index in [1.54, 1.807) is 6.07 Å². The number of aliphatic hydroxyl groups is 1. The van der Waals surface area contributed by atoms with Crippen LogP contribution < -0.4 is 15.8 Å². The Balaban J connectivity index is 2.36. The molecule has 0 bridgehead atoms. The average molecular weight is 271 g/mol. The highest BCUT2D eigenvalue weighted by Crippen LogP contribution is 2.31. The first-order valence-electron chi connectivity index (χ1n) is 5.73. The van der Waals surface area contributed by atoms with Gasteiger partial charge in [0, 0.05) is 6.54 Å². The van der Waals surface area contributed by atoms with Crippen LogP contribution in [0.1, 0.15) is 12.8 Å². The van der Waals surface area contributed by atoms with Gasteiger partial charge in [-0.1, -0.05) is 0 Å². The van der Waals surface area contributed by atoms with Crippen molar-refractivity contribution >= 4 is 21.4 Å². The molecule has 2 rings (SSSR count). The van der Waals surface area contributed by atoms with Gasteiger partial charge in [-0.2, -0.15) is 0 Å². The van der Waals surface area contributed by atoms with Gasteiger partial charge in [0.15, 0.2) is 0 Å². The molecule has 1 saturated heterocycles. The predicted octanol–water partition coefficient (Wildman–Crippen LogP) is -0.123. The van der Waals surface area contributed by atoms with E-state index in [0.29, 0.717) is 5.69 Å². The van der Waals surface area contributed by atoms with Crippen molar-refractivity contribution in [2.24, 2.45) is 5.14 Å². The standard InChI is InChI=1S/C11H17N3O3S/c12-10-6-9(18(13,16)17)3-4-11(10)14-5-1-2-8(14)7-15/h3-4,6,8,15H,1-2,5,7,12H2,(H2,13,16,17). The second kappa shape index (κ2) is 4.75. The zero-order valence-corrected chi connectivity index (χ0v) is 10.7. The molecule has 0 saturated carbocycles. The maximum absolute atomic E-state index is 11.2.